The molecule has 3 unspecified atom stereocenters. The summed E-state index contributed by atoms with van der Waals surface area (Å²) in [6.45, 7) is 13.5. The van der Waals surface area contributed by atoms with E-state index in [4.69, 9.17) is 0 Å². The van der Waals surface area contributed by atoms with Gasteiger partial charge in [-0.1, -0.05) is 92.4 Å². The monoisotopic (exact) mass is 253 g/mol. The topological polar surface area (TPSA) is 0 Å². The van der Waals surface area contributed by atoms with Gasteiger partial charge in [0, 0.05) is 0 Å². The molecule has 3 atom stereocenters. The van der Waals surface area contributed by atoms with E-state index in [1.54, 1.807) is 0 Å². The summed E-state index contributed by atoms with van der Waals surface area (Å²) < 4.78 is 0. The summed E-state index contributed by atoms with van der Waals surface area (Å²) in [5, 5.41) is 0. The normalized spacial score (nSPS) is 16.5. The second-order valence-corrected chi connectivity index (χ2v) is 6.62. The van der Waals surface area contributed by atoms with Crippen LogP contribution in [0.3, 0.4) is 0 Å². The van der Waals surface area contributed by atoms with Crippen LogP contribution < -0.4 is 0 Å². The van der Waals surface area contributed by atoms with Crippen LogP contribution in [-0.4, -0.2) is 0 Å². The van der Waals surface area contributed by atoms with Gasteiger partial charge in [0.05, 0.1) is 0 Å². The van der Waals surface area contributed by atoms with Gasteiger partial charge in [0.2, 0.25) is 0 Å². The van der Waals surface area contributed by atoms with Crippen molar-refractivity contribution in [2.45, 2.75) is 91.9 Å². The van der Waals surface area contributed by atoms with Gasteiger partial charge in [-0.3, -0.25) is 0 Å². The molecule has 0 bridgehead atoms. The van der Waals surface area contributed by atoms with Gasteiger partial charge >= 0.3 is 0 Å². The maximum Gasteiger partial charge on any atom is -0.0440 e. The molecule has 0 spiro atoms. The third-order valence-electron chi connectivity index (χ3n) is 4.25. The molecule has 0 amide bonds. The molecule has 0 saturated carbocycles. The van der Waals surface area contributed by atoms with Crippen molar-refractivity contribution in [1.29, 1.82) is 0 Å². The fourth-order valence-electron chi connectivity index (χ4n) is 2.73. The zero-order valence-electron chi connectivity index (χ0n) is 13.5. The van der Waals surface area contributed by atoms with Crippen LogP contribution >= 0.6 is 0 Å². The summed E-state index contributed by atoms with van der Waals surface area (Å²) in [6, 6.07) is 0. The predicted octanol–water partition coefficient (Wildman–Crippen LogP) is 6.65. The minimum Gasteiger partial charge on any atom is -0.0654 e. The zero-order chi connectivity index (χ0) is 13.8. The molecule has 1 radical (unpaired) electrons. The summed E-state index contributed by atoms with van der Waals surface area (Å²) in [6.07, 6.45) is 13.9. The molecule has 0 aliphatic heterocycles. The van der Waals surface area contributed by atoms with E-state index in [9.17, 15) is 0 Å². The van der Waals surface area contributed by atoms with E-state index >= 15 is 0 Å². The fraction of sp³-hybridized carbons (Fsp3) is 0.944. The number of hydrogen-bond donors (Lipinski definition) is 0. The van der Waals surface area contributed by atoms with E-state index in [1.807, 2.05) is 0 Å². The Bertz CT molecular complexity index is 161. The average Bonchev–Trinajstić information content (AvgIpc) is 2.35. The number of unbranched alkanes of at least 4 members (excludes halogenated alkanes) is 4. The highest BCUT2D eigenvalue weighted by Crippen LogP contribution is 2.23. The molecule has 18 heavy (non-hydrogen) atoms. The minimum absolute atomic E-state index is 0.816. The van der Waals surface area contributed by atoms with E-state index in [0.717, 1.165) is 24.2 Å². The molecule has 0 heteroatoms. The third-order valence-corrected chi connectivity index (χ3v) is 4.25. The summed E-state index contributed by atoms with van der Waals surface area (Å²) in [5.74, 6) is 2.65. The Kier molecular flexibility index (Phi) is 12.1. The van der Waals surface area contributed by atoms with Crippen molar-refractivity contribution in [3.05, 3.63) is 6.92 Å². The number of hydrogen-bond acceptors (Lipinski definition) is 0. The van der Waals surface area contributed by atoms with Gasteiger partial charge in [-0.15, -0.1) is 0 Å². The van der Waals surface area contributed by atoms with Crippen molar-refractivity contribution in [2.24, 2.45) is 17.8 Å². The van der Waals surface area contributed by atoms with Gasteiger partial charge < -0.3 is 0 Å². The Morgan fingerprint density at radius 3 is 1.89 bits per heavy atom. The molecular weight excluding hydrogens is 216 g/mol. The molecular formula is C18H37. The van der Waals surface area contributed by atoms with Crippen LogP contribution in [0.1, 0.15) is 91.9 Å². The zero-order valence-corrected chi connectivity index (χ0v) is 13.5. The third kappa shape index (κ3) is 11.1. The second-order valence-electron chi connectivity index (χ2n) is 6.62. The smallest absolute Gasteiger partial charge is 0.0440 e. The highest BCUT2D eigenvalue weighted by molar-refractivity contribution is 4.63. The second kappa shape index (κ2) is 12.1. The predicted molar refractivity (Wildman–Crippen MR) is 84.7 cm³/mol. The van der Waals surface area contributed by atoms with E-state index in [2.05, 4.69) is 34.6 Å². The maximum absolute atomic E-state index is 3.99. The number of rotatable bonds is 12. The molecule has 0 nitrogen and oxygen atoms in total. The van der Waals surface area contributed by atoms with Crippen LogP contribution in [0.2, 0.25) is 0 Å². The fourth-order valence-corrected chi connectivity index (χ4v) is 2.73. The first kappa shape index (κ1) is 18.0. The molecule has 0 aliphatic rings. The molecule has 0 saturated heterocycles. The van der Waals surface area contributed by atoms with Crippen LogP contribution in [0.15, 0.2) is 0 Å². The quantitative estimate of drug-likeness (QED) is 0.342. The van der Waals surface area contributed by atoms with E-state index in [0.29, 0.717) is 0 Å². The van der Waals surface area contributed by atoms with Crippen molar-refractivity contribution >= 4 is 0 Å². The van der Waals surface area contributed by atoms with E-state index in [-0.39, 0.29) is 0 Å². The maximum atomic E-state index is 3.99. The summed E-state index contributed by atoms with van der Waals surface area (Å²) >= 11 is 0. The van der Waals surface area contributed by atoms with Gasteiger partial charge in [-0.2, -0.15) is 0 Å². The Balaban J connectivity index is 3.45. The molecule has 0 aromatic rings. The van der Waals surface area contributed by atoms with Crippen molar-refractivity contribution in [3.63, 3.8) is 0 Å². The van der Waals surface area contributed by atoms with Gasteiger partial charge in [0.25, 0.3) is 0 Å². The lowest BCUT2D eigenvalue weighted by Gasteiger charge is -2.18. The highest BCUT2D eigenvalue weighted by Gasteiger charge is 2.10. The summed E-state index contributed by atoms with van der Waals surface area (Å²) in [5.41, 5.74) is 0. The van der Waals surface area contributed by atoms with Crippen molar-refractivity contribution in [2.75, 3.05) is 0 Å². The van der Waals surface area contributed by atoms with Crippen molar-refractivity contribution < 1.29 is 0 Å². The highest BCUT2D eigenvalue weighted by atomic mass is 14.2. The van der Waals surface area contributed by atoms with Crippen molar-refractivity contribution in [3.8, 4) is 0 Å². The summed E-state index contributed by atoms with van der Waals surface area (Å²) in [4.78, 5) is 0. The Hall–Kier alpha value is 0. The van der Waals surface area contributed by atoms with Crippen LogP contribution in [0, 0.1) is 24.7 Å². The van der Waals surface area contributed by atoms with Crippen molar-refractivity contribution in [1.82, 2.24) is 0 Å². The molecule has 0 fully saturated rings. The van der Waals surface area contributed by atoms with Gasteiger partial charge in [0.1, 0.15) is 0 Å². The summed E-state index contributed by atoms with van der Waals surface area (Å²) in [7, 11) is 0. The lowest BCUT2D eigenvalue weighted by molar-refractivity contribution is 0.342. The van der Waals surface area contributed by atoms with Crippen LogP contribution in [0.5, 0.6) is 0 Å². The Labute approximate surface area is 117 Å². The van der Waals surface area contributed by atoms with Gasteiger partial charge in [-0.05, 0) is 24.2 Å². The van der Waals surface area contributed by atoms with E-state index < -0.39 is 0 Å². The lowest BCUT2D eigenvalue weighted by Crippen LogP contribution is -2.05. The first-order chi connectivity index (χ1) is 8.60. The molecule has 0 aromatic heterocycles. The SMILES string of the molecule is [CH2]CC(C)CCC(C)CC(C)CCCCCCC. The Morgan fingerprint density at radius 1 is 0.722 bits per heavy atom. The van der Waals surface area contributed by atoms with Crippen LogP contribution in [-0.2, 0) is 0 Å². The largest absolute Gasteiger partial charge is 0.0654 e. The first-order valence-corrected chi connectivity index (χ1v) is 8.39. The molecule has 0 aromatic carbocycles. The van der Waals surface area contributed by atoms with Gasteiger partial charge in [-0.25, -0.2) is 0 Å². The average molecular weight is 253 g/mol. The minimum atomic E-state index is 0.816. The standard InChI is InChI=1S/C18H37/c1-6-8-9-10-11-12-17(4)15-18(5)14-13-16(3)7-2/h16-18H,2,6-15H2,1,3-5H3. The lowest BCUT2D eigenvalue weighted by atomic mass is 9.88. The molecule has 0 N–H and O–H groups in total. The molecule has 0 rings (SSSR count). The molecule has 0 aliphatic carbocycles. The van der Waals surface area contributed by atoms with Gasteiger partial charge in [0.15, 0.2) is 0 Å². The molecule has 109 valence electrons. The Morgan fingerprint density at radius 2 is 1.28 bits per heavy atom. The van der Waals surface area contributed by atoms with E-state index in [1.165, 1.54) is 57.8 Å². The molecule has 0 heterocycles. The van der Waals surface area contributed by atoms with Crippen LogP contribution in [0.4, 0.5) is 0 Å². The van der Waals surface area contributed by atoms with Crippen LogP contribution in [0.25, 0.3) is 0 Å². The first-order valence-electron chi connectivity index (χ1n) is 8.39.